The molecule has 2 heterocycles. The van der Waals surface area contributed by atoms with Crippen LogP contribution >= 0.6 is 15.9 Å². The van der Waals surface area contributed by atoms with Crippen LogP contribution in [0, 0.1) is 11.3 Å². The highest BCUT2D eigenvalue weighted by atomic mass is 79.9. The number of nitrogens with zero attached hydrogens (tertiary/aromatic N) is 1. The number of anilines is 3. The number of halogens is 1. The fourth-order valence-corrected chi connectivity index (χ4v) is 3.73. The average molecular weight is 409 g/mol. The lowest BCUT2D eigenvalue weighted by atomic mass is 9.82. The van der Waals surface area contributed by atoms with Crippen LogP contribution in [0.2, 0.25) is 0 Å². The number of aromatic nitrogens is 1. The summed E-state index contributed by atoms with van der Waals surface area (Å²) in [5.74, 6) is 0.990. The standard InChI is InChI=1S/C19H14BrN5O/c20-10-3-1-2-9(6-10)15-12-5-4-11(22)7-14(12)26-19-16(15)17(23)13(8-21)18(24)25-19/h1-7,15H,22H2,(H4,23,24,25)/p+1/t15-/m1/s1. The maximum Gasteiger partial charge on any atom is 0.294 e. The van der Waals surface area contributed by atoms with Crippen molar-refractivity contribution >= 4 is 33.1 Å². The summed E-state index contributed by atoms with van der Waals surface area (Å²) in [7, 11) is 0. The van der Waals surface area contributed by atoms with Crippen molar-refractivity contribution in [3.63, 3.8) is 0 Å². The molecule has 0 spiro atoms. The first-order valence-corrected chi connectivity index (χ1v) is 8.66. The molecule has 1 atom stereocenters. The van der Waals surface area contributed by atoms with Gasteiger partial charge in [-0.1, -0.05) is 34.1 Å². The second kappa shape index (κ2) is 5.93. The predicted octanol–water partition coefficient (Wildman–Crippen LogP) is 3.17. The first kappa shape index (κ1) is 16.2. The zero-order chi connectivity index (χ0) is 18.4. The Balaban J connectivity index is 2.06. The topological polar surface area (TPSA) is 125 Å². The van der Waals surface area contributed by atoms with Gasteiger partial charge in [-0.25, -0.2) is 4.98 Å². The molecule has 7 N–H and O–H groups in total. The Morgan fingerprint density at radius 2 is 1.92 bits per heavy atom. The number of nitrogens with one attached hydrogen (secondary N) is 1. The van der Waals surface area contributed by atoms with Crippen LogP contribution < -0.4 is 26.9 Å². The van der Waals surface area contributed by atoms with Gasteiger partial charge in [0.15, 0.2) is 5.56 Å². The third-order valence-corrected chi connectivity index (χ3v) is 4.96. The Morgan fingerprint density at radius 3 is 2.65 bits per heavy atom. The lowest BCUT2D eigenvalue weighted by Gasteiger charge is -2.28. The van der Waals surface area contributed by atoms with Crippen molar-refractivity contribution in [2.75, 3.05) is 17.2 Å². The van der Waals surface area contributed by atoms with Gasteiger partial charge in [-0.05, 0) is 23.8 Å². The van der Waals surface area contributed by atoms with Gasteiger partial charge in [0, 0.05) is 27.7 Å². The first-order chi connectivity index (χ1) is 12.5. The molecule has 3 aromatic rings. The van der Waals surface area contributed by atoms with E-state index in [0.717, 1.165) is 15.6 Å². The molecule has 0 saturated carbocycles. The van der Waals surface area contributed by atoms with E-state index in [1.165, 1.54) is 0 Å². The van der Waals surface area contributed by atoms with E-state index in [0.29, 0.717) is 28.6 Å². The molecule has 1 aliphatic heterocycles. The lowest BCUT2D eigenvalue weighted by molar-refractivity contribution is -0.375. The molecule has 1 aliphatic rings. The number of nitriles is 1. The first-order valence-electron chi connectivity index (χ1n) is 7.86. The summed E-state index contributed by atoms with van der Waals surface area (Å²) in [4.78, 5) is 2.96. The number of hydrogen-bond donors (Lipinski definition) is 3. The molecule has 0 aliphatic carbocycles. The fraction of sp³-hybridized carbons (Fsp3) is 0.0526. The maximum absolute atomic E-state index is 9.44. The minimum absolute atomic E-state index is 0.170. The number of aromatic amines is 1. The van der Waals surface area contributed by atoms with Gasteiger partial charge >= 0.3 is 0 Å². The van der Waals surface area contributed by atoms with Gasteiger partial charge in [-0.15, -0.1) is 0 Å². The number of ether oxygens (including phenoxy) is 1. The Hall–Kier alpha value is -3.24. The van der Waals surface area contributed by atoms with Crippen LogP contribution in [-0.2, 0) is 0 Å². The van der Waals surface area contributed by atoms with Crippen molar-refractivity contribution in [1.82, 2.24) is 0 Å². The maximum atomic E-state index is 9.44. The highest BCUT2D eigenvalue weighted by molar-refractivity contribution is 9.10. The summed E-state index contributed by atoms with van der Waals surface area (Å²) < 4.78 is 6.93. The summed E-state index contributed by atoms with van der Waals surface area (Å²) >= 11 is 3.52. The Labute approximate surface area is 158 Å². The number of H-pyrrole nitrogens is 1. The van der Waals surface area contributed by atoms with E-state index in [2.05, 4.69) is 27.0 Å². The van der Waals surface area contributed by atoms with Gasteiger partial charge in [0.1, 0.15) is 11.8 Å². The third-order valence-electron chi connectivity index (χ3n) is 4.46. The van der Waals surface area contributed by atoms with Crippen molar-refractivity contribution in [2.45, 2.75) is 5.92 Å². The normalized spacial score (nSPS) is 14.7. The van der Waals surface area contributed by atoms with Gasteiger partial charge in [-0.3, -0.25) is 5.73 Å². The summed E-state index contributed by atoms with van der Waals surface area (Å²) in [6.07, 6.45) is 0. The number of fused-ring (bicyclic) bond motifs is 2. The van der Waals surface area contributed by atoms with E-state index in [1.54, 1.807) is 6.07 Å². The molecule has 0 saturated heterocycles. The minimum Gasteiger partial charge on any atom is -0.422 e. The van der Waals surface area contributed by atoms with E-state index in [4.69, 9.17) is 21.9 Å². The van der Waals surface area contributed by atoms with E-state index in [9.17, 15) is 5.26 Å². The zero-order valence-corrected chi connectivity index (χ0v) is 15.2. The predicted molar refractivity (Wildman–Crippen MR) is 103 cm³/mol. The molecule has 6 nitrogen and oxygen atoms in total. The van der Waals surface area contributed by atoms with Crippen LogP contribution in [0.3, 0.4) is 0 Å². The number of nitrogens with two attached hydrogens (primary N) is 3. The smallest absolute Gasteiger partial charge is 0.294 e. The SMILES string of the molecule is N#Cc1c(N)[nH+]c2c(c1N)[C@H](c1cccc(Br)c1)c1ccc(N)cc1O2. The van der Waals surface area contributed by atoms with Crippen molar-refractivity contribution in [1.29, 1.82) is 5.26 Å². The van der Waals surface area contributed by atoms with Crippen LogP contribution in [0.25, 0.3) is 0 Å². The van der Waals surface area contributed by atoms with E-state index < -0.39 is 0 Å². The second-order valence-electron chi connectivity index (χ2n) is 6.07. The van der Waals surface area contributed by atoms with Crippen molar-refractivity contribution < 1.29 is 9.72 Å². The number of nitrogen functional groups attached to an aromatic ring is 3. The lowest BCUT2D eigenvalue weighted by Crippen LogP contribution is -2.25. The van der Waals surface area contributed by atoms with Gasteiger partial charge in [-0.2, -0.15) is 5.26 Å². The Morgan fingerprint density at radius 1 is 1.12 bits per heavy atom. The van der Waals surface area contributed by atoms with Crippen LogP contribution in [0.1, 0.15) is 28.2 Å². The molecule has 0 radical (unpaired) electrons. The van der Waals surface area contributed by atoms with Gasteiger partial charge in [0.2, 0.25) is 0 Å². The molecule has 0 bridgehead atoms. The molecular formula is C19H15BrN5O+. The average Bonchev–Trinajstić information content (AvgIpc) is 2.60. The third kappa shape index (κ3) is 2.43. The van der Waals surface area contributed by atoms with E-state index in [-0.39, 0.29) is 17.3 Å². The quantitative estimate of drug-likeness (QED) is 0.417. The zero-order valence-electron chi connectivity index (χ0n) is 13.6. The molecule has 2 aromatic carbocycles. The van der Waals surface area contributed by atoms with Crippen LogP contribution in [-0.4, -0.2) is 0 Å². The highest BCUT2D eigenvalue weighted by Gasteiger charge is 2.35. The molecule has 0 fully saturated rings. The summed E-state index contributed by atoms with van der Waals surface area (Å²) in [5.41, 5.74) is 21.9. The molecular weight excluding hydrogens is 394 g/mol. The second-order valence-corrected chi connectivity index (χ2v) is 6.98. The fourth-order valence-electron chi connectivity index (χ4n) is 3.32. The number of rotatable bonds is 1. The Bertz CT molecular complexity index is 1090. The number of benzene rings is 2. The summed E-state index contributed by atoms with van der Waals surface area (Å²) in [6.45, 7) is 0. The van der Waals surface area contributed by atoms with Gasteiger partial charge < -0.3 is 16.2 Å². The summed E-state index contributed by atoms with van der Waals surface area (Å²) in [6, 6.07) is 15.5. The van der Waals surface area contributed by atoms with Crippen LogP contribution in [0.4, 0.5) is 17.2 Å². The molecule has 7 heteroatoms. The molecule has 26 heavy (non-hydrogen) atoms. The molecule has 128 valence electrons. The van der Waals surface area contributed by atoms with Gasteiger partial charge in [0.05, 0.1) is 11.3 Å². The van der Waals surface area contributed by atoms with Crippen molar-refractivity contribution in [2.24, 2.45) is 0 Å². The molecule has 1 aromatic heterocycles. The molecule has 4 rings (SSSR count). The Kier molecular flexibility index (Phi) is 3.71. The van der Waals surface area contributed by atoms with E-state index >= 15 is 0 Å². The number of pyridine rings is 1. The van der Waals surface area contributed by atoms with E-state index in [1.807, 2.05) is 36.4 Å². The van der Waals surface area contributed by atoms with Crippen molar-refractivity contribution in [3.8, 4) is 17.7 Å². The number of hydrogen-bond acceptors (Lipinski definition) is 5. The molecule has 0 amide bonds. The largest absolute Gasteiger partial charge is 0.422 e. The minimum atomic E-state index is -0.226. The molecule has 0 unspecified atom stereocenters. The highest BCUT2D eigenvalue weighted by Crippen LogP contribution is 2.49. The monoisotopic (exact) mass is 408 g/mol. The van der Waals surface area contributed by atoms with Crippen molar-refractivity contribution in [3.05, 3.63) is 69.2 Å². The van der Waals surface area contributed by atoms with Crippen LogP contribution in [0.15, 0.2) is 46.9 Å². The summed E-state index contributed by atoms with van der Waals surface area (Å²) in [5, 5.41) is 9.44. The van der Waals surface area contributed by atoms with Gasteiger partial charge in [0.25, 0.3) is 11.7 Å². The van der Waals surface area contributed by atoms with Crippen LogP contribution in [0.5, 0.6) is 11.6 Å².